The van der Waals surface area contributed by atoms with Crippen LogP contribution in [0.5, 0.6) is 0 Å². The molecule has 0 saturated carbocycles. The molecule has 0 saturated heterocycles. The van der Waals surface area contributed by atoms with Crippen molar-refractivity contribution in [1.29, 1.82) is 0 Å². The molecule has 0 aromatic carbocycles. The summed E-state index contributed by atoms with van der Waals surface area (Å²) in [6.07, 6.45) is -1.74. The number of hydrogen-bond acceptors (Lipinski definition) is 13. The largest absolute Gasteiger partial charge is 0.368 e. The second-order valence-corrected chi connectivity index (χ2v) is 16.0. The fourth-order valence-electron chi connectivity index (χ4n) is 2.96. The van der Waals surface area contributed by atoms with Gasteiger partial charge in [-0.15, -0.1) is 23.5 Å². The Morgan fingerprint density at radius 2 is 0.974 bits per heavy atom. The van der Waals surface area contributed by atoms with Crippen LogP contribution in [0.4, 0.5) is 5.95 Å². The number of nitrogens with zero attached hydrogens (tertiary/aromatic N) is 2. The van der Waals surface area contributed by atoms with Crippen molar-refractivity contribution in [2.75, 3.05) is 29.9 Å². The van der Waals surface area contributed by atoms with E-state index in [0.29, 0.717) is 21.6 Å². The number of nitrogens with two attached hydrogens (primary N) is 1. The van der Waals surface area contributed by atoms with E-state index in [0.717, 1.165) is 0 Å². The Hall–Kier alpha value is -0.200. The Labute approximate surface area is 242 Å². The third kappa shape index (κ3) is 16.7. The SMILES string of the molecule is CC(C)OP(=O)(CO[C@H](C)CSc1cc(SC[C@H](C)OCP(=O)(OC(C)C)OC(C)C)nc(N)n1)OC(C)C. The Morgan fingerprint density at radius 1 is 0.667 bits per heavy atom. The van der Waals surface area contributed by atoms with Gasteiger partial charge in [-0.25, -0.2) is 9.97 Å². The van der Waals surface area contributed by atoms with Crippen LogP contribution >= 0.6 is 38.7 Å². The maximum atomic E-state index is 13.0. The first-order chi connectivity index (χ1) is 18.0. The average molecular weight is 632 g/mol. The first-order valence-electron chi connectivity index (χ1n) is 13.1. The van der Waals surface area contributed by atoms with Crippen molar-refractivity contribution in [2.24, 2.45) is 0 Å². The molecule has 11 nitrogen and oxygen atoms in total. The summed E-state index contributed by atoms with van der Waals surface area (Å²) in [4.78, 5) is 8.60. The average Bonchev–Trinajstić information content (AvgIpc) is 2.76. The molecular weight excluding hydrogens is 584 g/mol. The molecule has 2 N–H and O–H groups in total. The maximum Gasteiger partial charge on any atom is 0.356 e. The van der Waals surface area contributed by atoms with Crippen LogP contribution < -0.4 is 5.73 Å². The second kappa shape index (κ2) is 17.7. The van der Waals surface area contributed by atoms with Crippen LogP contribution in [-0.2, 0) is 36.7 Å². The summed E-state index contributed by atoms with van der Waals surface area (Å²) < 4.78 is 59.7. The van der Waals surface area contributed by atoms with E-state index in [1.54, 1.807) is 55.4 Å². The van der Waals surface area contributed by atoms with Gasteiger partial charge in [0.25, 0.3) is 0 Å². The highest BCUT2D eigenvalue weighted by Crippen LogP contribution is 2.51. The zero-order valence-corrected chi connectivity index (χ0v) is 28.2. The minimum Gasteiger partial charge on any atom is -0.368 e. The van der Waals surface area contributed by atoms with Gasteiger partial charge in [0.2, 0.25) is 5.95 Å². The molecule has 0 radical (unpaired) electrons. The molecule has 0 aliphatic heterocycles. The lowest BCUT2D eigenvalue weighted by molar-refractivity contribution is 0.0729. The summed E-state index contributed by atoms with van der Waals surface area (Å²) in [6, 6.07) is 1.84. The summed E-state index contributed by atoms with van der Waals surface area (Å²) in [5.41, 5.74) is 5.94. The fourth-order valence-corrected chi connectivity index (χ4v) is 8.53. The van der Waals surface area contributed by atoms with Crippen LogP contribution in [0.2, 0.25) is 0 Å². The molecule has 0 bridgehead atoms. The van der Waals surface area contributed by atoms with Crippen molar-refractivity contribution in [3.63, 3.8) is 0 Å². The van der Waals surface area contributed by atoms with E-state index in [-0.39, 0.29) is 55.3 Å². The van der Waals surface area contributed by atoms with E-state index in [1.165, 1.54) is 23.5 Å². The lowest BCUT2D eigenvalue weighted by Gasteiger charge is -2.24. The summed E-state index contributed by atoms with van der Waals surface area (Å²) in [6.45, 7) is 18.2. The molecule has 39 heavy (non-hydrogen) atoms. The van der Waals surface area contributed by atoms with E-state index in [1.807, 2.05) is 19.9 Å². The van der Waals surface area contributed by atoms with Gasteiger partial charge in [0.1, 0.15) is 22.7 Å². The third-order valence-corrected chi connectivity index (χ3v) is 10.3. The van der Waals surface area contributed by atoms with Crippen LogP contribution in [0.3, 0.4) is 0 Å². The Morgan fingerprint density at radius 3 is 1.26 bits per heavy atom. The lowest BCUT2D eigenvalue weighted by atomic mass is 10.5. The van der Waals surface area contributed by atoms with E-state index in [9.17, 15) is 9.13 Å². The van der Waals surface area contributed by atoms with Gasteiger partial charge in [-0.2, -0.15) is 0 Å². The van der Waals surface area contributed by atoms with E-state index >= 15 is 0 Å². The van der Waals surface area contributed by atoms with Gasteiger partial charge in [-0.1, -0.05) is 0 Å². The number of nitrogen functional groups attached to an aromatic ring is 1. The van der Waals surface area contributed by atoms with E-state index in [4.69, 9.17) is 33.3 Å². The predicted molar refractivity (Wildman–Crippen MR) is 159 cm³/mol. The van der Waals surface area contributed by atoms with E-state index < -0.39 is 15.2 Å². The van der Waals surface area contributed by atoms with Gasteiger partial charge < -0.3 is 33.3 Å². The molecule has 1 heterocycles. The first kappa shape index (κ1) is 36.8. The molecule has 0 spiro atoms. The monoisotopic (exact) mass is 631 g/mol. The molecule has 0 amide bonds. The Balaban J connectivity index is 2.64. The number of rotatable bonds is 20. The molecule has 1 aromatic rings. The van der Waals surface area contributed by atoms with Crippen LogP contribution in [0.25, 0.3) is 0 Å². The Kier molecular flexibility index (Phi) is 16.7. The third-order valence-electron chi connectivity index (χ3n) is 4.15. The second-order valence-electron chi connectivity index (χ2n) is 10.1. The predicted octanol–water partition coefficient (Wildman–Crippen LogP) is 7.05. The highest BCUT2D eigenvalue weighted by Gasteiger charge is 2.30. The molecular formula is C24H47N3O8P2S2. The van der Waals surface area contributed by atoms with Crippen molar-refractivity contribution in [3.05, 3.63) is 6.07 Å². The molecule has 15 heteroatoms. The molecule has 2 atom stereocenters. The molecule has 1 rings (SSSR count). The van der Waals surface area contributed by atoms with Crippen molar-refractivity contribution in [3.8, 4) is 0 Å². The quantitative estimate of drug-likeness (QED) is 0.0893. The maximum absolute atomic E-state index is 13.0. The highest BCUT2D eigenvalue weighted by atomic mass is 32.2. The molecule has 1 aromatic heterocycles. The molecule has 0 unspecified atom stereocenters. The van der Waals surface area contributed by atoms with Crippen molar-refractivity contribution in [1.82, 2.24) is 9.97 Å². The minimum absolute atomic E-state index is 0.132. The summed E-state index contributed by atoms with van der Waals surface area (Å²) >= 11 is 2.90. The fraction of sp³-hybridized carbons (Fsp3) is 0.833. The molecule has 0 aliphatic carbocycles. The standard InChI is InChI=1S/C24H47N3O8P2S2/c1-16(2)32-36(28,33-17(3)4)14-30-20(9)12-38-22-11-23(27-24(25)26-22)39-13-21(10)31-15-37(29,34-18(5)6)35-19(7)8/h11,16-21H,12-15H2,1-10H3,(H2,25,26,27)/t20-,21+. The smallest absolute Gasteiger partial charge is 0.356 e. The molecule has 0 aliphatic rings. The van der Waals surface area contributed by atoms with Gasteiger partial charge in [0.15, 0.2) is 0 Å². The number of ether oxygens (including phenoxy) is 2. The number of anilines is 1. The van der Waals surface area contributed by atoms with E-state index in [2.05, 4.69) is 9.97 Å². The topological polar surface area (TPSA) is 141 Å². The summed E-state index contributed by atoms with van der Waals surface area (Å²) in [7, 11) is -6.74. The minimum atomic E-state index is -3.37. The Bertz CT molecular complexity index is 858. The van der Waals surface area contributed by atoms with Gasteiger partial charge in [0.05, 0.1) is 36.6 Å². The number of aromatic nitrogens is 2. The highest BCUT2D eigenvalue weighted by molar-refractivity contribution is 8.00. The van der Waals surface area contributed by atoms with Gasteiger partial charge >= 0.3 is 15.2 Å². The van der Waals surface area contributed by atoms with Crippen molar-refractivity contribution < 1.29 is 36.7 Å². The summed E-state index contributed by atoms with van der Waals surface area (Å²) in [5.74, 6) is 1.25. The number of hydrogen-bond donors (Lipinski definition) is 1. The van der Waals surface area contributed by atoms with Gasteiger partial charge in [-0.3, -0.25) is 9.13 Å². The van der Waals surface area contributed by atoms with Crippen LogP contribution in [0.1, 0.15) is 69.2 Å². The first-order valence-corrected chi connectivity index (χ1v) is 18.5. The van der Waals surface area contributed by atoms with Crippen molar-refractivity contribution >= 4 is 44.7 Å². The van der Waals surface area contributed by atoms with Gasteiger partial charge in [0, 0.05) is 17.6 Å². The van der Waals surface area contributed by atoms with Crippen molar-refractivity contribution in [2.45, 2.75) is 116 Å². The molecule has 0 fully saturated rings. The number of thioether (sulfide) groups is 2. The van der Waals surface area contributed by atoms with Crippen LogP contribution in [0.15, 0.2) is 16.1 Å². The van der Waals surface area contributed by atoms with Gasteiger partial charge in [-0.05, 0) is 69.2 Å². The zero-order valence-electron chi connectivity index (χ0n) is 24.8. The zero-order chi connectivity index (χ0) is 29.8. The molecule has 228 valence electrons. The lowest BCUT2D eigenvalue weighted by Crippen LogP contribution is -2.17. The van der Waals surface area contributed by atoms with Crippen LogP contribution in [0, 0.1) is 0 Å². The van der Waals surface area contributed by atoms with Crippen LogP contribution in [-0.4, -0.2) is 70.8 Å². The normalized spacial score (nSPS) is 14.6. The summed E-state index contributed by atoms with van der Waals surface area (Å²) in [5, 5.41) is 1.38.